The van der Waals surface area contributed by atoms with E-state index >= 15 is 0 Å². The van der Waals surface area contributed by atoms with E-state index in [0.29, 0.717) is 6.10 Å². The highest BCUT2D eigenvalue weighted by Crippen LogP contribution is 2.29. The third-order valence-corrected chi connectivity index (χ3v) is 2.06. The van der Waals surface area contributed by atoms with Crippen LogP contribution in [0.2, 0.25) is 0 Å². The molecular weight excluding hydrogens is 132 g/mol. The second-order valence-electron chi connectivity index (χ2n) is 2.25. The Morgan fingerprint density at radius 3 is 3.00 bits per heavy atom. The quantitative estimate of drug-likeness (QED) is 0.612. The zero-order valence-electron chi connectivity index (χ0n) is 5.04. The van der Waals surface area contributed by atoms with Gasteiger partial charge in [0, 0.05) is 0 Å². The van der Waals surface area contributed by atoms with E-state index in [4.69, 9.17) is 4.74 Å². The molecule has 0 bridgehead atoms. The van der Waals surface area contributed by atoms with Gasteiger partial charge >= 0.3 is 0 Å². The average molecular weight is 140 g/mol. The second kappa shape index (κ2) is 2.03. The van der Waals surface area contributed by atoms with Crippen LogP contribution >= 0.6 is 11.3 Å². The Balaban J connectivity index is 1.99. The summed E-state index contributed by atoms with van der Waals surface area (Å²) in [6, 6.07) is 4.03. The molecule has 0 atom stereocenters. The molecule has 0 N–H and O–H groups in total. The molecule has 2 heteroatoms. The summed E-state index contributed by atoms with van der Waals surface area (Å²) in [5.74, 6) is 0. The molecule has 0 unspecified atom stereocenters. The van der Waals surface area contributed by atoms with Crippen LogP contribution < -0.4 is 4.74 Å². The summed E-state index contributed by atoms with van der Waals surface area (Å²) in [5, 5.41) is 3.11. The molecule has 1 aromatic rings. The summed E-state index contributed by atoms with van der Waals surface area (Å²) in [4.78, 5) is 0. The van der Waals surface area contributed by atoms with Crippen molar-refractivity contribution in [3.63, 3.8) is 0 Å². The van der Waals surface area contributed by atoms with Crippen molar-refractivity contribution >= 4 is 11.3 Å². The first-order valence-electron chi connectivity index (χ1n) is 3.15. The lowest BCUT2D eigenvalue weighted by molar-refractivity contribution is 0.312. The molecule has 0 aliphatic heterocycles. The molecule has 1 aliphatic rings. The highest BCUT2D eigenvalue weighted by molar-refractivity contribution is 7.11. The van der Waals surface area contributed by atoms with E-state index in [2.05, 4.69) is 0 Å². The molecular formula is C7H8OS. The lowest BCUT2D eigenvalue weighted by atomic mass is 10.6. The van der Waals surface area contributed by atoms with Crippen LogP contribution in [0, 0.1) is 0 Å². The van der Waals surface area contributed by atoms with Crippen molar-refractivity contribution in [3.05, 3.63) is 17.5 Å². The SMILES string of the molecule is c1csc(OC2CC2)c1. The molecule has 1 saturated carbocycles. The third-order valence-electron chi connectivity index (χ3n) is 1.30. The molecule has 1 heterocycles. The van der Waals surface area contributed by atoms with Gasteiger partial charge < -0.3 is 4.74 Å². The smallest absolute Gasteiger partial charge is 0.174 e. The summed E-state index contributed by atoms with van der Waals surface area (Å²) in [6.45, 7) is 0. The lowest BCUT2D eigenvalue weighted by Gasteiger charge is -1.96. The van der Waals surface area contributed by atoms with Crippen LogP contribution in [0.3, 0.4) is 0 Å². The first-order valence-corrected chi connectivity index (χ1v) is 4.03. The van der Waals surface area contributed by atoms with Gasteiger partial charge in [0.15, 0.2) is 5.06 Å². The van der Waals surface area contributed by atoms with Gasteiger partial charge in [0.25, 0.3) is 0 Å². The molecule has 0 aromatic carbocycles. The van der Waals surface area contributed by atoms with E-state index in [1.165, 1.54) is 12.8 Å². The highest BCUT2D eigenvalue weighted by Gasteiger charge is 2.23. The van der Waals surface area contributed by atoms with Crippen molar-refractivity contribution in [2.75, 3.05) is 0 Å². The number of hydrogen-bond donors (Lipinski definition) is 0. The third kappa shape index (κ3) is 1.24. The topological polar surface area (TPSA) is 9.23 Å². The monoisotopic (exact) mass is 140 g/mol. The summed E-state index contributed by atoms with van der Waals surface area (Å²) in [5.41, 5.74) is 0. The molecule has 9 heavy (non-hydrogen) atoms. The van der Waals surface area contributed by atoms with Gasteiger partial charge in [0.05, 0.1) is 6.10 Å². The maximum Gasteiger partial charge on any atom is 0.174 e. The first kappa shape index (κ1) is 5.30. The number of hydrogen-bond acceptors (Lipinski definition) is 2. The van der Waals surface area contributed by atoms with Crippen molar-refractivity contribution in [2.24, 2.45) is 0 Å². The molecule has 1 aromatic heterocycles. The maximum absolute atomic E-state index is 5.48. The van der Waals surface area contributed by atoms with Gasteiger partial charge in [0.2, 0.25) is 0 Å². The van der Waals surface area contributed by atoms with Crippen LogP contribution in [-0.2, 0) is 0 Å². The largest absolute Gasteiger partial charge is 0.481 e. The molecule has 2 rings (SSSR count). The highest BCUT2D eigenvalue weighted by atomic mass is 32.1. The molecule has 1 aliphatic carbocycles. The van der Waals surface area contributed by atoms with Gasteiger partial charge in [0.1, 0.15) is 0 Å². The van der Waals surface area contributed by atoms with Crippen molar-refractivity contribution in [1.29, 1.82) is 0 Å². The minimum absolute atomic E-state index is 0.545. The van der Waals surface area contributed by atoms with E-state index in [1.54, 1.807) is 11.3 Å². The predicted molar refractivity (Wildman–Crippen MR) is 38.0 cm³/mol. The minimum Gasteiger partial charge on any atom is -0.481 e. The van der Waals surface area contributed by atoms with E-state index in [9.17, 15) is 0 Å². The van der Waals surface area contributed by atoms with Crippen LogP contribution in [0.5, 0.6) is 5.06 Å². The molecule has 1 fully saturated rings. The van der Waals surface area contributed by atoms with E-state index < -0.39 is 0 Å². The van der Waals surface area contributed by atoms with Gasteiger partial charge in [-0.15, -0.1) is 11.3 Å². The van der Waals surface area contributed by atoms with Crippen molar-refractivity contribution in [3.8, 4) is 5.06 Å². The number of ether oxygens (including phenoxy) is 1. The maximum atomic E-state index is 5.48. The summed E-state index contributed by atoms with van der Waals surface area (Å²) in [7, 11) is 0. The fraction of sp³-hybridized carbons (Fsp3) is 0.429. The van der Waals surface area contributed by atoms with Crippen LogP contribution in [0.15, 0.2) is 17.5 Å². The summed E-state index contributed by atoms with van der Waals surface area (Å²) in [6.07, 6.45) is 3.04. The second-order valence-corrected chi connectivity index (χ2v) is 3.16. The van der Waals surface area contributed by atoms with Crippen molar-refractivity contribution < 1.29 is 4.74 Å². The summed E-state index contributed by atoms with van der Waals surface area (Å²) >= 11 is 1.67. The zero-order valence-corrected chi connectivity index (χ0v) is 5.86. The van der Waals surface area contributed by atoms with Crippen molar-refractivity contribution in [1.82, 2.24) is 0 Å². The Morgan fingerprint density at radius 2 is 2.44 bits per heavy atom. The molecule has 0 amide bonds. The Kier molecular flexibility index (Phi) is 1.19. The Morgan fingerprint density at radius 1 is 1.56 bits per heavy atom. The number of rotatable bonds is 2. The van der Waals surface area contributed by atoms with Crippen LogP contribution in [0.25, 0.3) is 0 Å². The van der Waals surface area contributed by atoms with Gasteiger partial charge in [-0.3, -0.25) is 0 Å². The first-order chi connectivity index (χ1) is 4.45. The lowest BCUT2D eigenvalue weighted by Crippen LogP contribution is -1.92. The predicted octanol–water partition coefficient (Wildman–Crippen LogP) is 2.29. The van der Waals surface area contributed by atoms with E-state index in [0.717, 1.165) is 5.06 Å². The van der Waals surface area contributed by atoms with Crippen LogP contribution in [0.1, 0.15) is 12.8 Å². The zero-order chi connectivity index (χ0) is 6.10. The Hall–Kier alpha value is -0.500. The van der Waals surface area contributed by atoms with E-state index in [1.807, 2.05) is 17.5 Å². The standard InChI is InChI=1S/C7H8OS/c1-2-7(9-5-1)8-6-3-4-6/h1-2,5-6H,3-4H2. The molecule has 48 valence electrons. The van der Waals surface area contributed by atoms with E-state index in [-0.39, 0.29) is 0 Å². The summed E-state index contributed by atoms with van der Waals surface area (Å²) < 4.78 is 5.48. The minimum atomic E-state index is 0.545. The number of thiophene rings is 1. The van der Waals surface area contributed by atoms with Gasteiger partial charge in [-0.2, -0.15) is 0 Å². The van der Waals surface area contributed by atoms with Gasteiger partial charge in [-0.25, -0.2) is 0 Å². The molecule has 0 spiro atoms. The fourth-order valence-electron chi connectivity index (χ4n) is 0.681. The molecule has 1 nitrogen and oxygen atoms in total. The Bertz CT molecular complexity index is 177. The molecule has 0 saturated heterocycles. The Labute approximate surface area is 58.3 Å². The van der Waals surface area contributed by atoms with Crippen LogP contribution in [0.4, 0.5) is 0 Å². The normalized spacial score (nSPS) is 17.8. The van der Waals surface area contributed by atoms with Gasteiger partial charge in [-0.05, 0) is 30.4 Å². The van der Waals surface area contributed by atoms with Crippen molar-refractivity contribution in [2.45, 2.75) is 18.9 Å². The molecule has 0 radical (unpaired) electrons. The van der Waals surface area contributed by atoms with Gasteiger partial charge in [-0.1, -0.05) is 0 Å². The fourth-order valence-corrected chi connectivity index (χ4v) is 1.32. The van der Waals surface area contributed by atoms with Crippen LogP contribution in [-0.4, -0.2) is 6.10 Å². The average Bonchev–Trinajstić information content (AvgIpc) is 2.46.